The molecule has 0 atom stereocenters. The number of hydrogen-bond donors (Lipinski definition) is 2. The van der Waals surface area contributed by atoms with Gasteiger partial charge in [0.25, 0.3) is 5.91 Å². The first-order chi connectivity index (χ1) is 16.8. The molecule has 9 nitrogen and oxygen atoms in total. The predicted molar refractivity (Wildman–Crippen MR) is 137 cm³/mol. The third kappa shape index (κ3) is 3.88. The van der Waals surface area contributed by atoms with E-state index in [1.54, 1.807) is 11.9 Å². The maximum atomic E-state index is 13.7. The Morgan fingerprint density at radius 3 is 2.69 bits per heavy atom. The molecule has 0 aliphatic rings. The zero-order valence-electron chi connectivity index (χ0n) is 20.5. The number of aromatic amines is 1. The maximum Gasteiger partial charge on any atom is 0.273 e. The highest BCUT2D eigenvalue weighted by atomic mass is 16.2. The third-order valence-electron chi connectivity index (χ3n) is 6.46. The standard InChI is InChI=1S/C26H28N8O/c1-6-34-16(4)18(12-28-34)13-33(5)26(35)23-19-9-14(2)7-8-20(19)29-25(30-23)17-10-15(3)22-21(11-17)31-32-24(22)27/h7-12H,6,13H2,1-5H3,(H3,27,31,32). The van der Waals surface area contributed by atoms with E-state index in [-0.39, 0.29) is 5.91 Å². The number of benzene rings is 2. The van der Waals surface area contributed by atoms with Gasteiger partial charge >= 0.3 is 0 Å². The Hall–Kier alpha value is -4.27. The van der Waals surface area contributed by atoms with Gasteiger partial charge in [0.2, 0.25) is 0 Å². The first kappa shape index (κ1) is 22.5. The number of H-pyrrole nitrogens is 1. The summed E-state index contributed by atoms with van der Waals surface area (Å²) < 4.78 is 1.93. The number of fused-ring (bicyclic) bond motifs is 2. The Balaban J connectivity index is 1.61. The number of carbonyl (C=O) groups excluding carboxylic acids is 1. The third-order valence-corrected chi connectivity index (χ3v) is 6.46. The molecule has 0 aliphatic carbocycles. The zero-order valence-corrected chi connectivity index (χ0v) is 20.5. The fourth-order valence-electron chi connectivity index (χ4n) is 4.52. The van der Waals surface area contributed by atoms with E-state index in [1.165, 1.54) is 0 Å². The number of carbonyl (C=O) groups is 1. The van der Waals surface area contributed by atoms with Gasteiger partial charge in [-0.1, -0.05) is 11.6 Å². The van der Waals surface area contributed by atoms with Gasteiger partial charge < -0.3 is 10.6 Å². The van der Waals surface area contributed by atoms with Crippen molar-refractivity contribution in [2.45, 2.75) is 40.8 Å². The van der Waals surface area contributed by atoms with Crippen molar-refractivity contribution in [1.29, 1.82) is 0 Å². The molecule has 178 valence electrons. The van der Waals surface area contributed by atoms with Gasteiger partial charge in [0, 0.05) is 47.7 Å². The average molecular weight is 469 g/mol. The SMILES string of the molecule is CCn1ncc(CN(C)C(=O)c2nc(-c3cc(C)c4c(N)n[nH]c4c3)nc3ccc(C)cc23)c1C. The Labute approximate surface area is 203 Å². The van der Waals surface area contributed by atoms with Crippen LogP contribution < -0.4 is 5.73 Å². The summed E-state index contributed by atoms with van der Waals surface area (Å²) in [7, 11) is 1.79. The van der Waals surface area contributed by atoms with E-state index in [0.717, 1.165) is 50.8 Å². The molecule has 0 bridgehead atoms. The van der Waals surface area contributed by atoms with E-state index in [1.807, 2.05) is 68.9 Å². The fourth-order valence-corrected chi connectivity index (χ4v) is 4.52. The summed E-state index contributed by atoms with van der Waals surface area (Å²) >= 11 is 0. The van der Waals surface area contributed by atoms with Gasteiger partial charge in [-0.15, -0.1) is 0 Å². The van der Waals surface area contributed by atoms with E-state index in [9.17, 15) is 4.79 Å². The monoisotopic (exact) mass is 468 g/mol. The minimum atomic E-state index is -0.170. The Morgan fingerprint density at radius 2 is 1.94 bits per heavy atom. The molecule has 5 aromatic rings. The van der Waals surface area contributed by atoms with Crippen LogP contribution in [0.15, 0.2) is 36.5 Å². The van der Waals surface area contributed by atoms with Crippen LogP contribution >= 0.6 is 0 Å². The molecule has 0 fully saturated rings. The van der Waals surface area contributed by atoms with E-state index in [2.05, 4.69) is 15.3 Å². The van der Waals surface area contributed by atoms with Gasteiger partial charge in [0.1, 0.15) is 5.69 Å². The largest absolute Gasteiger partial charge is 0.382 e. The van der Waals surface area contributed by atoms with Crippen LogP contribution in [-0.2, 0) is 13.1 Å². The van der Waals surface area contributed by atoms with Crippen LogP contribution in [-0.4, -0.2) is 47.8 Å². The Morgan fingerprint density at radius 1 is 1.14 bits per heavy atom. The first-order valence-corrected chi connectivity index (χ1v) is 11.6. The van der Waals surface area contributed by atoms with Crippen molar-refractivity contribution in [3.63, 3.8) is 0 Å². The number of rotatable bonds is 5. The molecule has 9 heteroatoms. The highest BCUT2D eigenvalue weighted by Gasteiger charge is 2.21. The van der Waals surface area contributed by atoms with Gasteiger partial charge in [0.05, 0.1) is 17.2 Å². The summed E-state index contributed by atoms with van der Waals surface area (Å²) in [5, 5.41) is 13.1. The summed E-state index contributed by atoms with van der Waals surface area (Å²) in [4.78, 5) is 25.0. The molecule has 3 aromatic heterocycles. The summed E-state index contributed by atoms with van der Waals surface area (Å²) in [6, 6.07) is 9.78. The second-order valence-corrected chi connectivity index (χ2v) is 8.97. The number of nitrogens with zero attached hydrogens (tertiary/aromatic N) is 6. The number of aryl methyl sites for hydroxylation is 3. The van der Waals surface area contributed by atoms with E-state index >= 15 is 0 Å². The van der Waals surface area contributed by atoms with Gasteiger partial charge in [-0.2, -0.15) is 10.2 Å². The lowest BCUT2D eigenvalue weighted by molar-refractivity contribution is 0.0781. The summed E-state index contributed by atoms with van der Waals surface area (Å²) in [5.74, 6) is 0.765. The molecular weight excluding hydrogens is 440 g/mol. The van der Waals surface area contributed by atoms with Crippen LogP contribution in [0.5, 0.6) is 0 Å². The lowest BCUT2D eigenvalue weighted by atomic mass is 10.0. The number of nitrogens with one attached hydrogen (secondary N) is 1. The van der Waals surface area contributed by atoms with E-state index < -0.39 is 0 Å². The summed E-state index contributed by atoms with van der Waals surface area (Å²) in [5.41, 5.74) is 12.8. The maximum absolute atomic E-state index is 13.7. The molecule has 0 spiro atoms. The van der Waals surface area contributed by atoms with Crippen molar-refractivity contribution in [2.75, 3.05) is 12.8 Å². The smallest absolute Gasteiger partial charge is 0.273 e. The predicted octanol–water partition coefficient (Wildman–Crippen LogP) is 4.17. The molecule has 0 saturated heterocycles. The Kier molecular flexibility index (Phi) is 5.47. The zero-order chi connectivity index (χ0) is 24.9. The molecule has 0 aliphatic heterocycles. The number of amides is 1. The number of nitrogens with two attached hydrogens (primary N) is 1. The molecule has 1 amide bonds. The molecule has 2 aromatic carbocycles. The molecule has 35 heavy (non-hydrogen) atoms. The van der Waals surface area contributed by atoms with Crippen molar-refractivity contribution in [2.24, 2.45) is 0 Å². The van der Waals surface area contributed by atoms with Gasteiger partial charge in [0.15, 0.2) is 11.6 Å². The lowest BCUT2D eigenvalue weighted by Crippen LogP contribution is -2.28. The second-order valence-electron chi connectivity index (χ2n) is 8.97. The van der Waals surface area contributed by atoms with Crippen LogP contribution in [0.1, 0.15) is 39.8 Å². The van der Waals surface area contributed by atoms with Crippen LogP contribution in [0, 0.1) is 20.8 Å². The van der Waals surface area contributed by atoms with Crippen molar-refractivity contribution < 1.29 is 4.79 Å². The molecule has 3 N–H and O–H groups in total. The quantitative estimate of drug-likeness (QED) is 0.400. The van der Waals surface area contributed by atoms with Crippen LogP contribution in [0.2, 0.25) is 0 Å². The average Bonchev–Trinajstić information content (AvgIpc) is 3.39. The van der Waals surface area contributed by atoms with Gasteiger partial charge in [-0.25, -0.2) is 9.97 Å². The highest BCUT2D eigenvalue weighted by Crippen LogP contribution is 2.30. The van der Waals surface area contributed by atoms with Gasteiger partial charge in [-0.3, -0.25) is 14.6 Å². The fraction of sp³-hybridized carbons (Fsp3) is 0.269. The summed E-state index contributed by atoms with van der Waals surface area (Å²) in [6.45, 7) is 9.26. The molecule has 5 rings (SSSR count). The van der Waals surface area contributed by atoms with Crippen molar-refractivity contribution in [3.05, 3.63) is 64.6 Å². The second kappa shape index (κ2) is 8.50. The van der Waals surface area contributed by atoms with Crippen molar-refractivity contribution >= 4 is 33.5 Å². The topological polar surface area (TPSA) is 119 Å². The number of aromatic nitrogens is 6. The minimum Gasteiger partial charge on any atom is -0.382 e. The van der Waals surface area contributed by atoms with Crippen molar-refractivity contribution in [3.8, 4) is 11.4 Å². The first-order valence-electron chi connectivity index (χ1n) is 11.6. The van der Waals surface area contributed by atoms with Crippen LogP contribution in [0.25, 0.3) is 33.2 Å². The van der Waals surface area contributed by atoms with E-state index in [4.69, 9.17) is 15.7 Å². The van der Waals surface area contributed by atoms with Gasteiger partial charge in [-0.05, 0) is 57.5 Å². The normalized spacial score (nSPS) is 11.5. The van der Waals surface area contributed by atoms with E-state index in [0.29, 0.717) is 29.4 Å². The minimum absolute atomic E-state index is 0.170. The number of hydrogen-bond acceptors (Lipinski definition) is 6. The summed E-state index contributed by atoms with van der Waals surface area (Å²) in [6.07, 6.45) is 1.82. The lowest BCUT2D eigenvalue weighted by Gasteiger charge is -2.18. The Bertz CT molecular complexity index is 1600. The molecule has 3 heterocycles. The molecule has 0 unspecified atom stereocenters. The number of nitrogen functional groups attached to an aromatic ring is 1. The highest BCUT2D eigenvalue weighted by molar-refractivity contribution is 6.05. The molecule has 0 radical (unpaired) electrons. The molecular formula is C26H28N8O. The number of anilines is 1. The van der Waals surface area contributed by atoms with Crippen molar-refractivity contribution in [1.82, 2.24) is 34.8 Å². The van der Waals surface area contributed by atoms with Crippen LogP contribution in [0.4, 0.5) is 5.82 Å². The van der Waals surface area contributed by atoms with Crippen LogP contribution in [0.3, 0.4) is 0 Å². The molecule has 0 saturated carbocycles.